The Morgan fingerprint density at radius 1 is 1.35 bits per heavy atom. The summed E-state index contributed by atoms with van der Waals surface area (Å²) in [7, 11) is 1.49. The summed E-state index contributed by atoms with van der Waals surface area (Å²) in [5.41, 5.74) is 1.27. The molecule has 0 atom stereocenters. The van der Waals surface area contributed by atoms with Crippen LogP contribution >= 0.6 is 0 Å². The lowest BCUT2D eigenvalue weighted by atomic mass is 10.2. The zero-order valence-corrected chi connectivity index (χ0v) is 9.14. The highest BCUT2D eigenvalue weighted by molar-refractivity contribution is 5.49. The van der Waals surface area contributed by atoms with E-state index >= 15 is 0 Å². The second-order valence-electron chi connectivity index (χ2n) is 3.19. The molecule has 0 amide bonds. The van der Waals surface area contributed by atoms with E-state index in [1.54, 1.807) is 0 Å². The molecule has 1 aromatic heterocycles. The van der Waals surface area contributed by atoms with Crippen LogP contribution in [-0.2, 0) is 10.9 Å². The number of halogens is 3. The zero-order valence-electron chi connectivity index (χ0n) is 9.14. The maximum absolute atomic E-state index is 12.5. The van der Waals surface area contributed by atoms with Crippen LogP contribution in [0.2, 0.25) is 0 Å². The molecule has 0 saturated carbocycles. The molecule has 17 heavy (non-hydrogen) atoms. The Labute approximate surface area is 96.1 Å². The molecule has 0 aromatic carbocycles. The van der Waals surface area contributed by atoms with E-state index in [4.69, 9.17) is 10.6 Å². The van der Waals surface area contributed by atoms with Gasteiger partial charge in [-0.1, -0.05) is 0 Å². The summed E-state index contributed by atoms with van der Waals surface area (Å²) < 4.78 is 42.3. The molecule has 0 bridgehead atoms. The van der Waals surface area contributed by atoms with E-state index in [2.05, 4.69) is 15.7 Å². The van der Waals surface area contributed by atoms with Crippen molar-refractivity contribution in [3.05, 3.63) is 17.7 Å². The SMILES string of the molecule is COCCNc1cc(C(F)(F)F)cc(NN)n1. The number of hydrogen-bond donors (Lipinski definition) is 3. The molecule has 0 radical (unpaired) electrons. The van der Waals surface area contributed by atoms with Crippen molar-refractivity contribution in [1.29, 1.82) is 0 Å². The van der Waals surface area contributed by atoms with Crippen LogP contribution in [0.4, 0.5) is 24.8 Å². The van der Waals surface area contributed by atoms with Gasteiger partial charge in [-0.15, -0.1) is 0 Å². The lowest BCUT2D eigenvalue weighted by molar-refractivity contribution is -0.137. The molecule has 0 aliphatic carbocycles. The van der Waals surface area contributed by atoms with Gasteiger partial charge < -0.3 is 15.5 Å². The predicted octanol–water partition coefficient (Wildman–Crippen LogP) is 1.44. The summed E-state index contributed by atoms with van der Waals surface area (Å²) >= 11 is 0. The van der Waals surface area contributed by atoms with Crippen LogP contribution in [0.25, 0.3) is 0 Å². The molecular formula is C9H13F3N4O. The number of pyridine rings is 1. The van der Waals surface area contributed by atoms with Crippen LogP contribution in [-0.4, -0.2) is 25.2 Å². The molecule has 0 aliphatic heterocycles. The maximum Gasteiger partial charge on any atom is 0.416 e. The minimum Gasteiger partial charge on any atom is -0.383 e. The third kappa shape index (κ3) is 4.08. The van der Waals surface area contributed by atoms with Gasteiger partial charge in [-0.25, -0.2) is 10.8 Å². The number of nitrogens with two attached hydrogens (primary N) is 1. The quantitative estimate of drug-likeness (QED) is 0.419. The fraction of sp³-hybridized carbons (Fsp3) is 0.444. The Balaban J connectivity index is 2.89. The highest BCUT2D eigenvalue weighted by Crippen LogP contribution is 2.31. The first-order valence-electron chi connectivity index (χ1n) is 4.76. The molecule has 1 aromatic rings. The number of nitrogens with zero attached hydrogens (tertiary/aromatic N) is 1. The fourth-order valence-corrected chi connectivity index (χ4v) is 1.14. The van der Waals surface area contributed by atoms with Gasteiger partial charge in [-0.05, 0) is 12.1 Å². The van der Waals surface area contributed by atoms with Gasteiger partial charge in [0, 0.05) is 13.7 Å². The zero-order chi connectivity index (χ0) is 12.9. The van der Waals surface area contributed by atoms with E-state index in [-0.39, 0.29) is 11.6 Å². The predicted molar refractivity (Wildman–Crippen MR) is 57.4 cm³/mol. The molecule has 0 fully saturated rings. The standard InChI is InChI=1S/C9H13F3N4O/c1-17-3-2-14-7-4-6(9(10,11)12)5-8(15-7)16-13/h4-5H,2-3,13H2,1H3,(H2,14,15,16). The van der Waals surface area contributed by atoms with Gasteiger partial charge in [0.15, 0.2) is 0 Å². The molecule has 0 unspecified atom stereocenters. The van der Waals surface area contributed by atoms with Gasteiger partial charge in [0.05, 0.1) is 12.2 Å². The summed E-state index contributed by atoms with van der Waals surface area (Å²) in [6, 6.07) is 1.75. The number of ether oxygens (including phenoxy) is 1. The monoisotopic (exact) mass is 250 g/mol. The van der Waals surface area contributed by atoms with Crippen molar-refractivity contribution in [2.45, 2.75) is 6.18 Å². The van der Waals surface area contributed by atoms with Crippen LogP contribution in [0.15, 0.2) is 12.1 Å². The number of anilines is 2. The third-order valence-corrected chi connectivity index (χ3v) is 1.91. The van der Waals surface area contributed by atoms with Crippen LogP contribution in [0.1, 0.15) is 5.56 Å². The summed E-state index contributed by atoms with van der Waals surface area (Å²) in [6.07, 6.45) is -4.44. The molecule has 1 rings (SSSR count). The van der Waals surface area contributed by atoms with Crippen molar-refractivity contribution < 1.29 is 17.9 Å². The Morgan fingerprint density at radius 3 is 2.53 bits per heavy atom. The Kier molecular flexibility index (Phi) is 4.53. The second-order valence-corrected chi connectivity index (χ2v) is 3.19. The van der Waals surface area contributed by atoms with E-state index in [9.17, 15) is 13.2 Å². The molecule has 0 aliphatic rings. The Hall–Kier alpha value is -1.54. The first kappa shape index (κ1) is 13.5. The minimum atomic E-state index is -4.44. The Bertz CT molecular complexity index is 370. The number of rotatable bonds is 5. The summed E-state index contributed by atoms with van der Waals surface area (Å²) in [5.74, 6) is 5.09. The van der Waals surface area contributed by atoms with Crippen molar-refractivity contribution in [3.8, 4) is 0 Å². The van der Waals surface area contributed by atoms with Crippen molar-refractivity contribution >= 4 is 11.6 Å². The van der Waals surface area contributed by atoms with Crippen LogP contribution in [0.5, 0.6) is 0 Å². The lowest BCUT2D eigenvalue weighted by Crippen LogP contribution is -2.15. The highest BCUT2D eigenvalue weighted by atomic mass is 19.4. The van der Waals surface area contributed by atoms with Gasteiger partial charge in [-0.2, -0.15) is 13.2 Å². The van der Waals surface area contributed by atoms with Crippen molar-refractivity contribution in [2.75, 3.05) is 31.0 Å². The molecule has 4 N–H and O–H groups in total. The van der Waals surface area contributed by atoms with Crippen molar-refractivity contribution in [3.63, 3.8) is 0 Å². The van der Waals surface area contributed by atoms with Crippen molar-refractivity contribution in [1.82, 2.24) is 4.98 Å². The van der Waals surface area contributed by atoms with Crippen LogP contribution in [0.3, 0.4) is 0 Å². The second kappa shape index (κ2) is 5.69. The molecule has 8 heteroatoms. The molecule has 5 nitrogen and oxygen atoms in total. The summed E-state index contributed by atoms with van der Waals surface area (Å²) in [5, 5.41) is 2.70. The average Bonchev–Trinajstić information content (AvgIpc) is 2.28. The van der Waals surface area contributed by atoms with Crippen molar-refractivity contribution in [2.24, 2.45) is 5.84 Å². The minimum absolute atomic E-state index is 0.0558. The summed E-state index contributed by atoms with van der Waals surface area (Å²) in [4.78, 5) is 3.83. The molecule has 0 spiro atoms. The first-order chi connectivity index (χ1) is 7.97. The highest BCUT2D eigenvalue weighted by Gasteiger charge is 2.31. The number of alkyl halides is 3. The van der Waals surface area contributed by atoms with Crippen LogP contribution < -0.4 is 16.6 Å². The molecular weight excluding hydrogens is 237 g/mol. The van der Waals surface area contributed by atoms with Gasteiger partial charge in [0.25, 0.3) is 0 Å². The van der Waals surface area contributed by atoms with Gasteiger partial charge in [-0.3, -0.25) is 0 Å². The van der Waals surface area contributed by atoms with E-state index in [1.165, 1.54) is 7.11 Å². The topological polar surface area (TPSA) is 72.2 Å². The van der Waals surface area contributed by atoms with E-state index in [0.717, 1.165) is 12.1 Å². The van der Waals surface area contributed by atoms with Crippen LogP contribution in [0, 0.1) is 0 Å². The Morgan fingerprint density at radius 2 is 2.00 bits per heavy atom. The number of aromatic nitrogens is 1. The first-order valence-corrected chi connectivity index (χ1v) is 4.76. The van der Waals surface area contributed by atoms with E-state index in [1.807, 2.05) is 0 Å². The average molecular weight is 250 g/mol. The molecule has 1 heterocycles. The van der Waals surface area contributed by atoms with Gasteiger partial charge >= 0.3 is 6.18 Å². The lowest BCUT2D eigenvalue weighted by Gasteiger charge is -2.12. The smallest absolute Gasteiger partial charge is 0.383 e. The molecule has 96 valence electrons. The number of hydrogen-bond acceptors (Lipinski definition) is 5. The third-order valence-electron chi connectivity index (χ3n) is 1.91. The summed E-state index contributed by atoms with van der Waals surface area (Å²) in [6.45, 7) is 0.720. The van der Waals surface area contributed by atoms with Gasteiger partial charge in [0.2, 0.25) is 0 Å². The number of nitrogens with one attached hydrogen (secondary N) is 2. The normalized spacial score (nSPS) is 11.4. The maximum atomic E-state index is 12.5. The number of methoxy groups -OCH3 is 1. The number of hydrazine groups is 1. The largest absolute Gasteiger partial charge is 0.416 e. The number of nitrogen functional groups attached to an aromatic ring is 1. The van der Waals surface area contributed by atoms with E-state index in [0.29, 0.717) is 13.2 Å². The fourth-order valence-electron chi connectivity index (χ4n) is 1.14. The van der Waals surface area contributed by atoms with E-state index < -0.39 is 11.7 Å². The molecule has 0 saturated heterocycles. The van der Waals surface area contributed by atoms with Gasteiger partial charge in [0.1, 0.15) is 11.6 Å².